The summed E-state index contributed by atoms with van der Waals surface area (Å²) in [5, 5.41) is 3.38. The van der Waals surface area contributed by atoms with E-state index in [1.807, 2.05) is 36.4 Å². The van der Waals surface area contributed by atoms with Gasteiger partial charge in [0.05, 0.1) is 7.11 Å². The van der Waals surface area contributed by atoms with Crippen LogP contribution >= 0.6 is 0 Å². The van der Waals surface area contributed by atoms with Crippen LogP contribution in [0.2, 0.25) is 0 Å². The van der Waals surface area contributed by atoms with Gasteiger partial charge in [-0.3, -0.25) is 0 Å². The lowest BCUT2D eigenvalue weighted by atomic mass is 10.1. The minimum Gasteiger partial charge on any atom is -0.497 e. The molecule has 4 heteroatoms. The van der Waals surface area contributed by atoms with E-state index in [-0.39, 0.29) is 0 Å². The normalized spacial score (nSPS) is 15.3. The minimum absolute atomic E-state index is 0.819. The van der Waals surface area contributed by atoms with Gasteiger partial charge < -0.3 is 19.7 Å². The quantitative estimate of drug-likeness (QED) is 0.889. The van der Waals surface area contributed by atoms with Crippen LogP contribution in [0, 0.1) is 0 Å². The van der Waals surface area contributed by atoms with Crippen molar-refractivity contribution in [3.05, 3.63) is 54.1 Å². The van der Waals surface area contributed by atoms with E-state index in [1.54, 1.807) is 7.11 Å². The van der Waals surface area contributed by atoms with Gasteiger partial charge in [-0.05, 0) is 48.4 Å². The third-order valence-corrected chi connectivity index (χ3v) is 4.14. The Balaban J connectivity index is 1.51. The molecule has 1 saturated heterocycles. The maximum absolute atomic E-state index is 5.85. The van der Waals surface area contributed by atoms with Crippen molar-refractivity contribution in [2.45, 2.75) is 6.42 Å². The standard InChI is InChI=1S/C19H24N2O2/c1-22-17-6-8-19(9-7-17)23-18-4-2-16(3-5-18)10-13-21-14-11-20-12-15-21/h2-9,20H,10-15H2,1H3. The lowest BCUT2D eigenvalue weighted by Crippen LogP contribution is -2.44. The molecule has 1 aliphatic rings. The van der Waals surface area contributed by atoms with Gasteiger partial charge in [-0.2, -0.15) is 0 Å². The molecule has 1 fully saturated rings. The molecule has 2 aromatic carbocycles. The summed E-state index contributed by atoms with van der Waals surface area (Å²) in [6, 6.07) is 16.0. The molecular formula is C19H24N2O2. The van der Waals surface area contributed by atoms with E-state index in [4.69, 9.17) is 9.47 Å². The average molecular weight is 312 g/mol. The number of nitrogens with zero attached hydrogens (tertiary/aromatic N) is 1. The zero-order chi connectivity index (χ0) is 15.9. The number of methoxy groups -OCH3 is 1. The molecule has 0 amide bonds. The second kappa shape index (κ2) is 7.99. The zero-order valence-corrected chi connectivity index (χ0v) is 13.6. The molecule has 0 saturated carbocycles. The molecule has 23 heavy (non-hydrogen) atoms. The first-order chi connectivity index (χ1) is 11.3. The Hall–Kier alpha value is -2.04. The molecule has 0 bridgehead atoms. The summed E-state index contributed by atoms with van der Waals surface area (Å²) in [6.45, 7) is 5.64. The molecule has 3 rings (SSSR count). The number of piperazine rings is 1. The van der Waals surface area contributed by atoms with E-state index in [0.29, 0.717) is 0 Å². The van der Waals surface area contributed by atoms with E-state index < -0.39 is 0 Å². The molecule has 0 atom stereocenters. The second-order valence-electron chi connectivity index (χ2n) is 5.76. The summed E-state index contributed by atoms with van der Waals surface area (Å²) >= 11 is 0. The molecule has 2 aromatic rings. The molecular weight excluding hydrogens is 288 g/mol. The molecule has 0 radical (unpaired) electrons. The van der Waals surface area contributed by atoms with Gasteiger partial charge >= 0.3 is 0 Å². The number of ether oxygens (including phenoxy) is 2. The Labute approximate surface area is 138 Å². The highest BCUT2D eigenvalue weighted by molar-refractivity contribution is 5.36. The molecule has 0 aromatic heterocycles. The first kappa shape index (κ1) is 15.8. The Morgan fingerprint density at radius 2 is 1.43 bits per heavy atom. The van der Waals surface area contributed by atoms with Gasteiger partial charge in [0.25, 0.3) is 0 Å². The van der Waals surface area contributed by atoms with Crippen LogP contribution in [-0.4, -0.2) is 44.7 Å². The number of nitrogens with one attached hydrogen (secondary N) is 1. The number of hydrogen-bond donors (Lipinski definition) is 1. The minimum atomic E-state index is 0.819. The van der Waals surface area contributed by atoms with Crippen molar-refractivity contribution in [2.75, 3.05) is 39.8 Å². The Bertz CT molecular complexity index is 590. The first-order valence-electron chi connectivity index (χ1n) is 8.17. The molecule has 1 N–H and O–H groups in total. The molecule has 122 valence electrons. The maximum Gasteiger partial charge on any atom is 0.127 e. The topological polar surface area (TPSA) is 33.7 Å². The molecule has 1 aliphatic heterocycles. The third kappa shape index (κ3) is 4.71. The SMILES string of the molecule is COc1ccc(Oc2ccc(CCN3CCNCC3)cc2)cc1. The van der Waals surface area contributed by atoms with Crippen LogP contribution in [0.5, 0.6) is 17.2 Å². The fourth-order valence-corrected chi connectivity index (χ4v) is 2.73. The Morgan fingerprint density at radius 3 is 2.04 bits per heavy atom. The fraction of sp³-hybridized carbons (Fsp3) is 0.368. The van der Waals surface area contributed by atoms with Gasteiger partial charge in [0.2, 0.25) is 0 Å². The smallest absolute Gasteiger partial charge is 0.127 e. The van der Waals surface area contributed by atoms with Crippen molar-refractivity contribution in [2.24, 2.45) is 0 Å². The molecule has 4 nitrogen and oxygen atoms in total. The van der Waals surface area contributed by atoms with Gasteiger partial charge in [0, 0.05) is 32.7 Å². The summed E-state index contributed by atoms with van der Waals surface area (Å²) in [4.78, 5) is 2.51. The van der Waals surface area contributed by atoms with Gasteiger partial charge in [0.15, 0.2) is 0 Å². The van der Waals surface area contributed by atoms with E-state index in [2.05, 4.69) is 22.3 Å². The van der Waals surface area contributed by atoms with Crippen molar-refractivity contribution in [3.63, 3.8) is 0 Å². The highest BCUT2D eigenvalue weighted by Crippen LogP contribution is 2.24. The summed E-state index contributed by atoms with van der Waals surface area (Å²) in [5.74, 6) is 2.51. The monoisotopic (exact) mass is 312 g/mol. The van der Waals surface area contributed by atoms with Crippen LogP contribution in [0.1, 0.15) is 5.56 Å². The van der Waals surface area contributed by atoms with Crippen molar-refractivity contribution in [3.8, 4) is 17.2 Å². The molecule has 0 spiro atoms. The number of hydrogen-bond acceptors (Lipinski definition) is 4. The van der Waals surface area contributed by atoms with Crippen LogP contribution in [0.15, 0.2) is 48.5 Å². The van der Waals surface area contributed by atoms with E-state index >= 15 is 0 Å². The van der Waals surface area contributed by atoms with Gasteiger partial charge in [-0.1, -0.05) is 12.1 Å². The summed E-state index contributed by atoms with van der Waals surface area (Å²) in [5.41, 5.74) is 1.35. The molecule has 0 unspecified atom stereocenters. The summed E-state index contributed by atoms with van der Waals surface area (Å²) in [7, 11) is 1.66. The van der Waals surface area contributed by atoms with Crippen molar-refractivity contribution in [1.29, 1.82) is 0 Å². The van der Waals surface area contributed by atoms with Gasteiger partial charge in [-0.25, -0.2) is 0 Å². The predicted octanol–water partition coefficient (Wildman–Crippen LogP) is 2.94. The average Bonchev–Trinajstić information content (AvgIpc) is 2.63. The Morgan fingerprint density at radius 1 is 0.870 bits per heavy atom. The van der Waals surface area contributed by atoms with Crippen LogP contribution in [-0.2, 0) is 6.42 Å². The highest BCUT2D eigenvalue weighted by Gasteiger charge is 2.09. The van der Waals surface area contributed by atoms with Crippen molar-refractivity contribution >= 4 is 0 Å². The second-order valence-corrected chi connectivity index (χ2v) is 5.76. The highest BCUT2D eigenvalue weighted by atomic mass is 16.5. The lowest BCUT2D eigenvalue weighted by Gasteiger charge is -2.27. The first-order valence-corrected chi connectivity index (χ1v) is 8.17. The van der Waals surface area contributed by atoms with Crippen LogP contribution in [0.3, 0.4) is 0 Å². The largest absolute Gasteiger partial charge is 0.497 e. The zero-order valence-electron chi connectivity index (χ0n) is 13.6. The molecule has 0 aliphatic carbocycles. The van der Waals surface area contributed by atoms with Gasteiger partial charge in [-0.15, -0.1) is 0 Å². The summed E-state index contributed by atoms with van der Waals surface area (Å²) < 4.78 is 11.0. The number of rotatable bonds is 6. The van der Waals surface area contributed by atoms with Crippen molar-refractivity contribution < 1.29 is 9.47 Å². The Kier molecular flexibility index (Phi) is 5.51. The van der Waals surface area contributed by atoms with Crippen LogP contribution in [0.25, 0.3) is 0 Å². The van der Waals surface area contributed by atoms with E-state index in [1.165, 1.54) is 5.56 Å². The predicted molar refractivity (Wildman–Crippen MR) is 92.5 cm³/mol. The van der Waals surface area contributed by atoms with Gasteiger partial charge in [0.1, 0.15) is 17.2 Å². The van der Waals surface area contributed by atoms with E-state index in [0.717, 1.165) is 56.4 Å². The van der Waals surface area contributed by atoms with Crippen LogP contribution < -0.4 is 14.8 Å². The van der Waals surface area contributed by atoms with Crippen LogP contribution in [0.4, 0.5) is 0 Å². The third-order valence-electron chi connectivity index (χ3n) is 4.14. The number of benzene rings is 2. The van der Waals surface area contributed by atoms with E-state index in [9.17, 15) is 0 Å². The molecule has 1 heterocycles. The summed E-state index contributed by atoms with van der Waals surface area (Å²) in [6.07, 6.45) is 1.09. The lowest BCUT2D eigenvalue weighted by molar-refractivity contribution is 0.244. The maximum atomic E-state index is 5.85. The fourth-order valence-electron chi connectivity index (χ4n) is 2.73. The van der Waals surface area contributed by atoms with Crippen molar-refractivity contribution in [1.82, 2.24) is 10.2 Å².